The fourth-order valence-corrected chi connectivity index (χ4v) is 4.24. The fourth-order valence-electron chi connectivity index (χ4n) is 2.61. The van der Waals surface area contributed by atoms with E-state index in [9.17, 15) is 38.0 Å². The standard InChI is InChI=1S/C18H18F3N4O7P/c1-3-31-33(30,32-4-2)17(12-6-5-7-13(10-12)18(19,20)21)23-22-15-9-8-14(24(26)27)11-16(15)25(28)29/h5-11,22H,3-4H2,1-2H3/b23-17-. The summed E-state index contributed by atoms with van der Waals surface area (Å²) in [5, 5.41) is 26.1. The van der Waals surface area contributed by atoms with Crippen molar-refractivity contribution < 1.29 is 36.6 Å². The molecule has 0 bridgehead atoms. The SMILES string of the molecule is CCOP(=O)(OCC)/C(=N\Nc1ccc([N+](=O)[O-])cc1[N+](=O)[O-])c1cccc(C(F)(F)F)c1. The minimum absolute atomic E-state index is 0.146. The number of rotatable bonds is 10. The maximum absolute atomic E-state index is 13.3. The molecular weight excluding hydrogens is 472 g/mol. The smallest absolute Gasteiger partial charge is 0.304 e. The van der Waals surface area contributed by atoms with Crippen molar-refractivity contribution in [1.29, 1.82) is 0 Å². The van der Waals surface area contributed by atoms with Crippen LogP contribution in [-0.2, 0) is 19.8 Å². The summed E-state index contributed by atoms with van der Waals surface area (Å²) in [5.41, 5.74) is -1.29. The van der Waals surface area contributed by atoms with Gasteiger partial charge in [-0.2, -0.15) is 18.3 Å². The van der Waals surface area contributed by atoms with Crippen molar-refractivity contribution >= 4 is 30.1 Å². The van der Waals surface area contributed by atoms with Gasteiger partial charge in [0.15, 0.2) is 5.45 Å². The number of nitrogens with zero attached hydrogens (tertiary/aromatic N) is 3. The molecule has 0 aliphatic carbocycles. The Bertz CT molecular complexity index is 1110. The van der Waals surface area contributed by atoms with Crippen LogP contribution in [0.4, 0.5) is 30.2 Å². The van der Waals surface area contributed by atoms with Crippen molar-refractivity contribution in [3.05, 3.63) is 73.8 Å². The number of nitro benzene ring substituents is 2. The minimum atomic E-state index is -4.72. The highest BCUT2D eigenvalue weighted by Crippen LogP contribution is 2.52. The van der Waals surface area contributed by atoms with E-state index in [1.165, 1.54) is 19.9 Å². The Morgan fingerprint density at radius 2 is 1.70 bits per heavy atom. The molecule has 33 heavy (non-hydrogen) atoms. The Labute approximate surface area is 185 Å². The number of nitro groups is 2. The normalized spacial score (nSPS) is 12.5. The Balaban J connectivity index is 2.66. The van der Waals surface area contributed by atoms with Gasteiger partial charge < -0.3 is 9.05 Å². The van der Waals surface area contributed by atoms with Crippen molar-refractivity contribution in [3.63, 3.8) is 0 Å². The zero-order valence-corrected chi connectivity index (χ0v) is 18.1. The van der Waals surface area contributed by atoms with E-state index in [1.807, 2.05) is 0 Å². The fraction of sp³-hybridized carbons (Fsp3) is 0.278. The average Bonchev–Trinajstić information content (AvgIpc) is 2.73. The maximum atomic E-state index is 13.3. The second-order valence-corrected chi connectivity index (χ2v) is 8.11. The van der Waals surface area contributed by atoms with Crippen molar-refractivity contribution in [2.45, 2.75) is 20.0 Å². The third kappa shape index (κ3) is 6.34. The van der Waals surface area contributed by atoms with Crippen LogP contribution in [-0.4, -0.2) is 28.5 Å². The van der Waals surface area contributed by atoms with Gasteiger partial charge in [0.25, 0.3) is 5.69 Å². The molecule has 0 aliphatic rings. The molecule has 0 atom stereocenters. The van der Waals surface area contributed by atoms with Crippen LogP contribution < -0.4 is 5.43 Å². The van der Waals surface area contributed by atoms with Gasteiger partial charge >= 0.3 is 19.5 Å². The molecule has 0 spiro atoms. The van der Waals surface area contributed by atoms with Crippen LogP contribution in [0, 0.1) is 20.2 Å². The van der Waals surface area contributed by atoms with E-state index in [0.717, 1.165) is 24.3 Å². The summed E-state index contributed by atoms with van der Waals surface area (Å²) in [5.74, 6) is 0. The Kier molecular flexibility index (Phi) is 8.25. The van der Waals surface area contributed by atoms with Gasteiger partial charge in [-0.1, -0.05) is 12.1 Å². The van der Waals surface area contributed by atoms with E-state index < -0.39 is 46.0 Å². The van der Waals surface area contributed by atoms with E-state index in [0.29, 0.717) is 12.1 Å². The molecule has 0 heterocycles. The van der Waals surface area contributed by atoms with Crippen molar-refractivity contribution in [2.24, 2.45) is 5.10 Å². The van der Waals surface area contributed by atoms with Gasteiger partial charge in [0.1, 0.15) is 5.69 Å². The lowest BCUT2D eigenvalue weighted by molar-refractivity contribution is -0.393. The van der Waals surface area contributed by atoms with Gasteiger partial charge in [-0.3, -0.25) is 30.2 Å². The molecule has 0 fully saturated rings. The molecule has 0 radical (unpaired) electrons. The van der Waals surface area contributed by atoms with E-state index in [4.69, 9.17) is 9.05 Å². The van der Waals surface area contributed by atoms with E-state index in [-0.39, 0.29) is 24.5 Å². The Morgan fingerprint density at radius 3 is 2.21 bits per heavy atom. The molecule has 0 saturated heterocycles. The van der Waals surface area contributed by atoms with Crippen LogP contribution >= 0.6 is 7.60 Å². The highest BCUT2D eigenvalue weighted by Gasteiger charge is 2.36. The largest absolute Gasteiger partial charge is 0.416 e. The van der Waals surface area contributed by atoms with Crippen LogP contribution in [0.15, 0.2) is 47.6 Å². The van der Waals surface area contributed by atoms with E-state index in [2.05, 4.69) is 10.5 Å². The molecule has 178 valence electrons. The Morgan fingerprint density at radius 1 is 1.06 bits per heavy atom. The molecule has 2 aromatic rings. The Hall–Kier alpha value is -3.35. The molecule has 15 heteroatoms. The summed E-state index contributed by atoms with van der Waals surface area (Å²) in [6.45, 7) is 2.66. The molecule has 2 rings (SSSR count). The summed E-state index contributed by atoms with van der Waals surface area (Å²) in [6, 6.07) is 6.33. The number of nitrogens with one attached hydrogen (secondary N) is 1. The molecule has 2 aromatic carbocycles. The van der Waals surface area contributed by atoms with Crippen molar-refractivity contribution in [1.82, 2.24) is 0 Å². The van der Waals surface area contributed by atoms with Crippen LogP contribution in [0.5, 0.6) is 0 Å². The van der Waals surface area contributed by atoms with Crippen molar-refractivity contribution in [3.8, 4) is 0 Å². The van der Waals surface area contributed by atoms with Gasteiger partial charge in [-0.05, 0) is 32.0 Å². The molecule has 0 unspecified atom stereocenters. The molecular formula is C18H18F3N4O7P. The lowest BCUT2D eigenvalue weighted by atomic mass is 10.1. The lowest BCUT2D eigenvalue weighted by Gasteiger charge is -2.20. The predicted molar refractivity (Wildman–Crippen MR) is 112 cm³/mol. The number of hydrazone groups is 1. The first kappa shape index (κ1) is 25.9. The van der Waals surface area contributed by atoms with E-state index in [1.54, 1.807) is 0 Å². The first-order valence-electron chi connectivity index (χ1n) is 9.26. The summed E-state index contributed by atoms with van der Waals surface area (Å²) in [7, 11) is -4.28. The number of hydrogen-bond acceptors (Lipinski definition) is 9. The van der Waals surface area contributed by atoms with Gasteiger partial charge in [0.2, 0.25) is 0 Å². The van der Waals surface area contributed by atoms with Crippen molar-refractivity contribution in [2.75, 3.05) is 18.6 Å². The second-order valence-electron chi connectivity index (χ2n) is 6.17. The van der Waals surface area contributed by atoms with E-state index >= 15 is 0 Å². The first-order valence-corrected chi connectivity index (χ1v) is 10.8. The summed E-state index contributed by atoms with van der Waals surface area (Å²) < 4.78 is 63.3. The average molecular weight is 490 g/mol. The van der Waals surface area contributed by atoms with Gasteiger partial charge in [-0.25, -0.2) is 0 Å². The summed E-state index contributed by atoms with van der Waals surface area (Å²) >= 11 is 0. The van der Waals surface area contributed by atoms with Crippen LogP contribution in [0.3, 0.4) is 0 Å². The molecule has 0 aromatic heterocycles. The highest BCUT2D eigenvalue weighted by molar-refractivity contribution is 7.73. The molecule has 0 saturated carbocycles. The van der Waals surface area contributed by atoms with Crippen LogP contribution in [0.1, 0.15) is 25.0 Å². The number of non-ortho nitro benzene ring substituents is 1. The molecule has 0 aliphatic heterocycles. The quantitative estimate of drug-likeness (QED) is 0.197. The second kappa shape index (κ2) is 10.5. The summed E-state index contributed by atoms with van der Waals surface area (Å²) in [4.78, 5) is 20.5. The number of anilines is 1. The lowest BCUT2D eigenvalue weighted by Crippen LogP contribution is -2.13. The van der Waals surface area contributed by atoms with Gasteiger partial charge in [-0.15, -0.1) is 0 Å². The summed E-state index contributed by atoms with van der Waals surface area (Å²) in [6.07, 6.45) is -4.72. The zero-order valence-electron chi connectivity index (χ0n) is 17.2. The molecule has 0 amide bonds. The predicted octanol–water partition coefficient (Wildman–Crippen LogP) is 5.56. The monoisotopic (exact) mass is 490 g/mol. The van der Waals surface area contributed by atoms with Crippen LogP contribution in [0.2, 0.25) is 0 Å². The van der Waals surface area contributed by atoms with Gasteiger partial charge in [0, 0.05) is 11.6 Å². The van der Waals surface area contributed by atoms with Crippen LogP contribution in [0.25, 0.3) is 0 Å². The molecule has 1 N–H and O–H groups in total. The topological polar surface area (TPSA) is 146 Å². The number of halogens is 3. The number of benzene rings is 2. The number of alkyl halides is 3. The zero-order chi connectivity index (χ0) is 24.8. The van der Waals surface area contributed by atoms with Gasteiger partial charge in [0.05, 0.1) is 34.7 Å². The minimum Gasteiger partial charge on any atom is -0.304 e. The third-order valence-corrected chi connectivity index (χ3v) is 6.05. The highest BCUT2D eigenvalue weighted by atomic mass is 31.2. The maximum Gasteiger partial charge on any atom is 0.416 e. The number of hydrogen-bond donors (Lipinski definition) is 1. The first-order chi connectivity index (χ1) is 15.4. The molecule has 11 nitrogen and oxygen atoms in total. The third-order valence-electron chi connectivity index (χ3n) is 3.98.